The molecule has 4 rings (SSSR count). The van der Waals surface area contributed by atoms with Gasteiger partial charge in [-0.05, 0) is 43.0 Å². The molecule has 1 atom stereocenters. The van der Waals surface area contributed by atoms with Crippen LogP contribution in [0.5, 0.6) is 0 Å². The Morgan fingerprint density at radius 1 is 1.31 bits per heavy atom. The molecule has 2 heterocycles. The lowest BCUT2D eigenvalue weighted by Crippen LogP contribution is -2.23. The summed E-state index contributed by atoms with van der Waals surface area (Å²) in [5.74, 6) is -0.445. The summed E-state index contributed by atoms with van der Waals surface area (Å²) >= 11 is 0. The highest BCUT2D eigenvalue weighted by atomic mass is 16.6. The van der Waals surface area contributed by atoms with E-state index in [4.69, 9.17) is 5.73 Å². The van der Waals surface area contributed by atoms with E-state index in [1.54, 1.807) is 25.3 Å². The number of hydrogen-bond donors (Lipinski definition) is 3. The number of benzene rings is 1. The lowest BCUT2D eigenvalue weighted by molar-refractivity contribution is -0.385. The van der Waals surface area contributed by atoms with E-state index in [1.807, 2.05) is 0 Å². The molecule has 9 nitrogen and oxygen atoms in total. The third kappa shape index (κ3) is 4.32. The fourth-order valence-corrected chi connectivity index (χ4v) is 4.55. The molecule has 1 unspecified atom stereocenters. The molecule has 1 aliphatic carbocycles. The molecule has 0 bridgehead atoms. The van der Waals surface area contributed by atoms with Crippen molar-refractivity contribution in [3.05, 3.63) is 63.5 Å². The van der Waals surface area contributed by atoms with Crippen molar-refractivity contribution in [2.45, 2.75) is 44.9 Å². The Hall–Kier alpha value is -3.75. The Kier molecular flexibility index (Phi) is 5.89. The number of aromatic amines is 1. The number of carbonyl (C=O) groups excluding carboxylic acids is 2. The molecule has 1 aliphatic rings. The van der Waals surface area contributed by atoms with Crippen molar-refractivity contribution < 1.29 is 14.5 Å². The summed E-state index contributed by atoms with van der Waals surface area (Å²) < 4.78 is 0. The Morgan fingerprint density at radius 2 is 2.06 bits per heavy atom. The Balaban J connectivity index is 1.67. The van der Waals surface area contributed by atoms with E-state index >= 15 is 0 Å². The lowest BCUT2D eigenvalue weighted by atomic mass is 9.86. The summed E-state index contributed by atoms with van der Waals surface area (Å²) in [5, 5.41) is 15.0. The smallest absolute Gasteiger partial charge is 0.274 e. The Labute approximate surface area is 184 Å². The van der Waals surface area contributed by atoms with Crippen molar-refractivity contribution in [2.24, 2.45) is 11.7 Å². The zero-order valence-electron chi connectivity index (χ0n) is 17.8. The standard InChI is InChI=1S/C23H25N5O4/c1-13-8-16-18(12-25-19(16)10-20(13)28(31)32)17(9-14-4-2-3-5-14)23(30)27-21-7-6-15(11-26-21)22(24)29/h6-8,10-12,14,17,25H,2-5,9H2,1H3,(H2,24,29)(H,26,27,30). The number of aryl methyl sites for hydroxylation is 1. The van der Waals surface area contributed by atoms with E-state index < -0.39 is 16.7 Å². The number of anilines is 1. The molecule has 166 valence electrons. The minimum absolute atomic E-state index is 0.0430. The number of nitrogens with two attached hydrogens (primary N) is 1. The van der Waals surface area contributed by atoms with Gasteiger partial charge in [0.2, 0.25) is 11.8 Å². The molecule has 1 aromatic carbocycles. The van der Waals surface area contributed by atoms with E-state index in [1.165, 1.54) is 18.3 Å². The van der Waals surface area contributed by atoms with Crippen molar-refractivity contribution in [3.8, 4) is 0 Å². The molecule has 2 aromatic heterocycles. The van der Waals surface area contributed by atoms with Crippen LogP contribution < -0.4 is 11.1 Å². The molecule has 0 radical (unpaired) electrons. The van der Waals surface area contributed by atoms with Crippen LogP contribution in [-0.2, 0) is 4.79 Å². The van der Waals surface area contributed by atoms with Crippen LogP contribution in [0.25, 0.3) is 10.9 Å². The van der Waals surface area contributed by atoms with Crippen molar-refractivity contribution in [1.29, 1.82) is 0 Å². The summed E-state index contributed by atoms with van der Waals surface area (Å²) in [6.07, 6.45) is 8.29. The number of primary amides is 1. The zero-order chi connectivity index (χ0) is 22.8. The lowest BCUT2D eigenvalue weighted by Gasteiger charge is -2.20. The second-order valence-electron chi connectivity index (χ2n) is 8.41. The summed E-state index contributed by atoms with van der Waals surface area (Å²) in [6, 6.07) is 6.36. The third-order valence-corrected chi connectivity index (χ3v) is 6.26. The van der Waals surface area contributed by atoms with Gasteiger partial charge in [0.05, 0.1) is 21.9 Å². The van der Waals surface area contributed by atoms with Gasteiger partial charge in [0, 0.05) is 29.4 Å². The number of carbonyl (C=O) groups is 2. The summed E-state index contributed by atoms with van der Waals surface area (Å²) in [6.45, 7) is 1.70. The molecule has 32 heavy (non-hydrogen) atoms. The fraction of sp³-hybridized carbons (Fsp3) is 0.348. The highest BCUT2D eigenvalue weighted by Crippen LogP contribution is 2.38. The van der Waals surface area contributed by atoms with Gasteiger partial charge in [0.25, 0.3) is 5.69 Å². The van der Waals surface area contributed by atoms with E-state index in [-0.39, 0.29) is 17.2 Å². The Bertz CT molecular complexity index is 1180. The molecule has 0 aliphatic heterocycles. The van der Waals surface area contributed by atoms with Gasteiger partial charge in [0.15, 0.2) is 0 Å². The maximum absolute atomic E-state index is 13.4. The van der Waals surface area contributed by atoms with E-state index in [0.29, 0.717) is 29.2 Å². The van der Waals surface area contributed by atoms with Crippen molar-refractivity contribution in [3.63, 3.8) is 0 Å². The second kappa shape index (κ2) is 8.78. The topological polar surface area (TPSA) is 144 Å². The molecular formula is C23H25N5O4. The SMILES string of the molecule is Cc1cc2c(C(CC3CCCC3)C(=O)Nc3ccc(C(N)=O)cn3)c[nH]c2cc1[N+](=O)[O-]. The molecule has 4 N–H and O–H groups in total. The molecular weight excluding hydrogens is 410 g/mol. The van der Waals surface area contributed by atoms with Gasteiger partial charge in [-0.1, -0.05) is 25.7 Å². The maximum atomic E-state index is 13.4. The largest absolute Gasteiger partial charge is 0.366 e. The molecule has 1 saturated carbocycles. The predicted molar refractivity (Wildman–Crippen MR) is 120 cm³/mol. The number of hydrogen-bond acceptors (Lipinski definition) is 5. The number of nitro benzene ring substituents is 1. The quantitative estimate of drug-likeness (QED) is 0.377. The van der Waals surface area contributed by atoms with Gasteiger partial charge in [-0.2, -0.15) is 0 Å². The van der Waals surface area contributed by atoms with Gasteiger partial charge in [-0.3, -0.25) is 19.7 Å². The third-order valence-electron chi connectivity index (χ3n) is 6.26. The summed E-state index contributed by atoms with van der Waals surface area (Å²) in [4.78, 5) is 42.7. The first-order chi connectivity index (χ1) is 15.3. The van der Waals surface area contributed by atoms with Crippen LogP contribution in [0.15, 0.2) is 36.7 Å². The number of rotatable bonds is 7. The average Bonchev–Trinajstić information content (AvgIpc) is 3.41. The maximum Gasteiger partial charge on any atom is 0.274 e. The van der Waals surface area contributed by atoms with Crippen LogP contribution >= 0.6 is 0 Å². The molecule has 1 fully saturated rings. The van der Waals surface area contributed by atoms with Crippen LogP contribution in [0.3, 0.4) is 0 Å². The summed E-state index contributed by atoms with van der Waals surface area (Å²) in [5.41, 5.74) is 7.55. The fourth-order valence-electron chi connectivity index (χ4n) is 4.55. The van der Waals surface area contributed by atoms with Gasteiger partial charge < -0.3 is 16.0 Å². The number of aromatic nitrogens is 2. The van der Waals surface area contributed by atoms with Crippen LogP contribution in [-0.4, -0.2) is 26.7 Å². The van der Waals surface area contributed by atoms with Crippen molar-refractivity contribution in [1.82, 2.24) is 9.97 Å². The van der Waals surface area contributed by atoms with E-state index in [0.717, 1.165) is 36.6 Å². The number of nitro groups is 1. The number of nitrogens with zero attached hydrogens (tertiary/aromatic N) is 2. The second-order valence-corrected chi connectivity index (χ2v) is 8.41. The van der Waals surface area contributed by atoms with Crippen LogP contribution in [0.1, 0.15) is 59.5 Å². The predicted octanol–water partition coefficient (Wildman–Crippen LogP) is 4.18. The first kappa shape index (κ1) is 21.5. The minimum Gasteiger partial charge on any atom is -0.366 e. The van der Waals surface area contributed by atoms with Gasteiger partial charge in [-0.25, -0.2) is 4.98 Å². The molecule has 9 heteroatoms. The van der Waals surface area contributed by atoms with E-state index in [9.17, 15) is 19.7 Å². The van der Waals surface area contributed by atoms with Crippen LogP contribution in [0, 0.1) is 23.0 Å². The Morgan fingerprint density at radius 3 is 2.69 bits per heavy atom. The number of amides is 2. The average molecular weight is 435 g/mol. The molecule has 0 spiro atoms. The number of H-pyrrole nitrogens is 1. The highest BCUT2D eigenvalue weighted by Gasteiger charge is 2.29. The molecule has 2 amide bonds. The number of fused-ring (bicyclic) bond motifs is 1. The van der Waals surface area contributed by atoms with Crippen LogP contribution in [0.2, 0.25) is 0 Å². The summed E-state index contributed by atoms with van der Waals surface area (Å²) in [7, 11) is 0. The zero-order valence-corrected chi connectivity index (χ0v) is 17.8. The number of pyridine rings is 1. The van der Waals surface area contributed by atoms with Crippen molar-refractivity contribution in [2.75, 3.05) is 5.32 Å². The van der Waals surface area contributed by atoms with Crippen LogP contribution in [0.4, 0.5) is 11.5 Å². The number of nitrogens with one attached hydrogen (secondary N) is 2. The van der Waals surface area contributed by atoms with Gasteiger partial charge in [-0.15, -0.1) is 0 Å². The van der Waals surface area contributed by atoms with Gasteiger partial charge >= 0.3 is 0 Å². The van der Waals surface area contributed by atoms with Gasteiger partial charge in [0.1, 0.15) is 5.82 Å². The van der Waals surface area contributed by atoms with Crippen molar-refractivity contribution >= 4 is 34.2 Å². The molecule has 3 aromatic rings. The minimum atomic E-state index is -0.585. The monoisotopic (exact) mass is 435 g/mol. The highest BCUT2D eigenvalue weighted by molar-refractivity contribution is 5.99. The van der Waals surface area contributed by atoms with E-state index in [2.05, 4.69) is 15.3 Å². The first-order valence-corrected chi connectivity index (χ1v) is 10.7. The normalized spacial score (nSPS) is 15.0. The first-order valence-electron chi connectivity index (χ1n) is 10.7. The molecule has 0 saturated heterocycles.